The number of hydrogen-bond acceptors (Lipinski definition) is 3. The second-order valence-electron chi connectivity index (χ2n) is 5.05. The smallest absolute Gasteiger partial charge is 0.165 e. The van der Waals surface area contributed by atoms with Gasteiger partial charge in [-0.1, -0.05) is 19.9 Å². The molecule has 0 aliphatic rings. The number of nitrogens with one attached hydrogen (secondary N) is 1. The average Bonchev–Trinajstić information content (AvgIpc) is 2.84. The van der Waals surface area contributed by atoms with Crippen LogP contribution >= 0.6 is 0 Å². The third-order valence-electron chi connectivity index (χ3n) is 2.96. The van der Waals surface area contributed by atoms with E-state index in [0.29, 0.717) is 12.6 Å². The summed E-state index contributed by atoms with van der Waals surface area (Å²) in [7, 11) is 1.46. The fraction of sp³-hybridized carbons (Fsp3) is 0.400. The summed E-state index contributed by atoms with van der Waals surface area (Å²) in [6.45, 7) is 5.53. The van der Waals surface area contributed by atoms with Crippen molar-refractivity contribution in [2.24, 2.45) is 0 Å². The van der Waals surface area contributed by atoms with Crippen molar-refractivity contribution in [3.63, 3.8) is 0 Å². The number of nitrogens with zero attached hydrogens (tertiary/aromatic N) is 2. The van der Waals surface area contributed by atoms with Gasteiger partial charge < -0.3 is 10.1 Å². The Morgan fingerprint density at radius 1 is 1.35 bits per heavy atom. The number of hydrogen-bond donors (Lipinski definition) is 1. The summed E-state index contributed by atoms with van der Waals surface area (Å²) < 4.78 is 20.3. The van der Waals surface area contributed by atoms with E-state index in [0.717, 1.165) is 17.7 Å². The van der Waals surface area contributed by atoms with Crippen molar-refractivity contribution in [3.8, 4) is 5.75 Å². The Morgan fingerprint density at radius 3 is 2.80 bits per heavy atom. The van der Waals surface area contributed by atoms with Gasteiger partial charge in [0.1, 0.15) is 0 Å². The van der Waals surface area contributed by atoms with E-state index >= 15 is 0 Å². The largest absolute Gasteiger partial charge is 0.494 e. The molecular formula is C15H20FN3O. The molecule has 0 saturated heterocycles. The van der Waals surface area contributed by atoms with Crippen LogP contribution in [0.5, 0.6) is 5.75 Å². The minimum atomic E-state index is -0.348. The van der Waals surface area contributed by atoms with Gasteiger partial charge in [0.2, 0.25) is 0 Å². The molecule has 0 aliphatic carbocycles. The molecule has 20 heavy (non-hydrogen) atoms. The van der Waals surface area contributed by atoms with Crippen molar-refractivity contribution in [2.75, 3.05) is 7.11 Å². The molecule has 0 fully saturated rings. The van der Waals surface area contributed by atoms with Gasteiger partial charge in [0, 0.05) is 24.3 Å². The van der Waals surface area contributed by atoms with Crippen molar-refractivity contribution in [1.29, 1.82) is 0 Å². The molecular weight excluding hydrogens is 257 g/mol. The van der Waals surface area contributed by atoms with Crippen molar-refractivity contribution >= 4 is 0 Å². The minimum Gasteiger partial charge on any atom is -0.494 e. The molecule has 1 aromatic heterocycles. The predicted molar refractivity (Wildman–Crippen MR) is 76.3 cm³/mol. The molecule has 0 amide bonds. The minimum absolute atomic E-state index is 0.260. The summed E-state index contributed by atoms with van der Waals surface area (Å²) in [5.41, 5.74) is 1.97. The third-order valence-corrected chi connectivity index (χ3v) is 2.96. The van der Waals surface area contributed by atoms with Crippen LogP contribution in [0.25, 0.3) is 0 Å². The van der Waals surface area contributed by atoms with Crippen LogP contribution in [-0.4, -0.2) is 22.9 Å². The highest BCUT2D eigenvalue weighted by Gasteiger charge is 2.05. The van der Waals surface area contributed by atoms with Gasteiger partial charge in [-0.2, -0.15) is 5.10 Å². The summed E-state index contributed by atoms with van der Waals surface area (Å²) in [5.74, 6) is -0.0881. The number of rotatable bonds is 6. The Bertz CT molecular complexity index is 566. The lowest BCUT2D eigenvalue weighted by molar-refractivity contribution is 0.386. The monoisotopic (exact) mass is 277 g/mol. The van der Waals surface area contributed by atoms with Gasteiger partial charge in [-0.25, -0.2) is 4.39 Å². The van der Waals surface area contributed by atoms with Crippen LogP contribution in [0.1, 0.15) is 25.0 Å². The van der Waals surface area contributed by atoms with E-state index in [1.807, 2.05) is 18.5 Å². The maximum Gasteiger partial charge on any atom is 0.165 e. The van der Waals surface area contributed by atoms with E-state index in [2.05, 4.69) is 24.3 Å². The predicted octanol–water partition coefficient (Wildman–Crippen LogP) is 2.58. The molecule has 0 atom stereocenters. The molecule has 0 saturated carbocycles. The first-order chi connectivity index (χ1) is 9.58. The first-order valence-electron chi connectivity index (χ1n) is 6.65. The van der Waals surface area contributed by atoms with E-state index in [1.54, 1.807) is 10.7 Å². The quantitative estimate of drug-likeness (QED) is 0.882. The summed E-state index contributed by atoms with van der Waals surface area (Å²) in [6.07, 6.45) is 3.80. The van der Waals surface area contributed by atoms with Crippen molar-refractivity contribution in [2.45, 2.75) is 33.0 Å². The number of halogens is 1. The Labute approximate surface area is 118 Å². The summed E-state index contributed by atoms with van der Waals surface area (Å²) in [5, 5.41) is 7.62. The van der Waals surface area contributed by atoms with Crippen LogP contribution in [0.3, 0.4) is 0 Å². The van der Waals surface area contributed by atoms with Gasteiger partial charge in [0.05, 0.1) is 19.9 Å². The van der Waals surface area contributed by atoms with Gasteiger partial charge in [-0.05, 0) is 17.7 Å². The molecule has 1 heterocycles. The van der Waals surface area contributed by atoms with Crippen LogP contribution in [0.4, 0.5) is 4.39 Å². The topological polar surface area (TPSA) is 39.1 Å². The maximum atomic E-state index is 13.6. The van der Waals surface area contributed by atoms with E-state index in [4.69, 9.17) is 4.74 Å². The van der Waals surface area contributed by atoms with Crippen LogP contribution in [-0.2, 0) is 13.1 Å². The Balaban J connectivity index is 2.01. The van der Waals surface area contributed by atoms with Gasteiger partial charge in [-0.3, -0.25) is 4.68 Å². The van der Waals surface area contributed by atoms with Crippen LogP contribution < -0.4 is 10.1 Å². The lowest BCUT2D eigenvalue weighted by atomic mass is 10.2. The highest BCUT2D eigenvalue weighted by Crippen LogP contribution is 2.18. The van der Waals surface area contributed by atoms with Crippen LogP contribution in [0, 0.1) is 5.82 Å². The fourth-order valence-corrected chi connectivity index (χ4v) is 1.90. The number of ether oxygens (including phenoxy) is 1. The molecule has 2 rings (SSSR count). The highest BCUT2D eigenvalue weighted by atomic mass is 19.1. The second-order valence-corrected chi connectivity index (χ2v) is 5.05. The second kappa shape index (κ2) is 6.52. The molecule has 0 spiro atoms. The van der Waals surface area contributed by atoms with E-state index in [9.17, 15) is 4.39 Å². The van der Waals surface area contributed by atoms with Gasteiger partial charge in [0.25, 0.3) is 0 Å². The lowest BCUT2D eigenvalue weighted by Crippen LogP contribution is -2.21. The maximum absolute atomic E-state index is 13.6. The standard InChI is InChI=1S/C15H20FN3O/c1-11(2)17-7-13-8-18-19(10-13)9-12-4-5-15(20-3)14(16)6-12/h4-6,8,10-11,17H,7,9H2,1-3H3. The molecule has 0 unspecified atom stereocenters. The van der Waals surface area contributed by atoms with Gasteiger partial charge >= 0.3 is 0 Å². The Morgan fingerprint density at radius 2 is 2.15 bits per heavy atom. The third kappa shape index (κ3) is 3.81. The number of methoxy groups -OCH3 is 1. The Kier molecular flexibility index (Phi) is 4.74. The normalized spacial score (nSPS) is 11.1. The van der Waals surface area contributed by atoms with Crippen molar-refractivity contribution < 1.29 is 9.13 Å². The zero-order chi connectivity index (χ0) is 14.5. The highest BCUT2D eigenvalue weighted by molar-refractivity contribution is 5.29. The molecule has 108 valence electrons. The molecule has 1 N–H and O–H groups in total. The van der Waals surface area contributed by atoms with Crippen molar-refractivity contribution in [3.05, 3.63) is 47.5 Å². The van der Waals surface area contributed by atoms with E-state index in [1.165, 1.54) is 13.2 Å². The number of aromatic nitrogens is 2. The van der Waals surface area contributed by atoms with E-state index in [-0.39, 0.29) is 11.6 Å². The molecule has 0 aliphatic heterocycles. The fourth-order valence-electron chi connectivity index (χ4n) is 1.90. The molecule has 1 aromatic carbocycles. The average molecular weight is 277 g/mol. The molecule has 0 bridgehead atoms. The zero-order valence-electron chi connectivity index (χ0n) is 12.1. The van der Waals surface area contributed by atoms with Crippen molar-refractivity contribution in [1.82, 2.24) is 15.1 Å². The van der Waals surface area contributed by atoms with Gasteiger partial charge in [-0.15, -0.1) is 0 Å². The molecule has 4 nitrogen and oxygen atoms in total. The first kappa shape index (κ1) is 14.5. The molecule has 0 radical (unpaired) electrons. The van der Waals surface area contributed by atoms with E-state index < -0.39 is 0 Å². The first-order valence-corrected chi connectivity index (χ1v) is 6.65. The summed E-state index contributed by atoms with van der Waals surface area (Å²) >= 11 is 0. The molecule has 5 heteroatoms. The van der Waals surface area contributed by atoms with Crippen LogP contribution in [0.15, 0.2) is 30.6 Å². The number of benzene rings is 1. The summed E-state index contributed by atoms with van der Waals surface area (Å²) in [6, 6.07) is 5.39. The SMILES string of the molecule is COc1ccc(Cn2cc(CNC(C)C)cn2)cc1F. The Hall–Kier alpha value is -1.88. The zero-order valence-corrected chi connectivity index (χ0v) is 12.1. The lowest BCUT2D eigenvalue weighted by Gasteiger charge is -2.06. The molecule has 2 aromatic rings. The summed E-state index contributed by atoms with van der Waals surface area (Å²) in [4.78, 5) is 0. The van der Waals surface area contributed by atoms with Crippen LogP contribution in [0.2, 0.25) is 0 Å². The van der Waals surface area contributed by atoms with Gasteiger partial charge in [0.15, 0.2) is 11.6 Å².